The highest BCUT2D eigenvalue weighted by atomic mass is 32.2. The normalized spacial score (nSPS) is 11.8. The summed E-state index contributed by atoms with van der Waals surface area (Å²) in [6.45, 7) is -0.182. The number of hydrogen-bond donors (Lipinski definition) is 1. The van der Waals surface area contributed by atoms with Crippen molar-refractivity contribution in [3.05, 3.63) is 35.1 Å². The lowest BCUT2D eigenvalue weighted by Gasteiger charge is -2.15. The van der Waals surface area contributed by atoms with Crippen LogP contribution in [0.3, 0.4) is 0 Å². The van der Waals surface area contributed by atoms with E-state index in [0.717, 1.165) is 28.8 Å². The molecule has 0 unspecified atom stereocenters. The maximum atomic E-state index is 13.0. The smallest absolute Gasteiger partial charge is 0.336 e. The number of rotatable bonds is 4. The molecule has 0 aromatic heterocycles. The highest BCUT2D eigenvalue weighted by Gasteiger charge is 2.17. The Kier molecular flexibility index (Phi) is 3.84. The van der Waals surface area contributed by atoms with Crippen LogP contribution in [0.25, 0.3) is 0 Å². The van der Waals surface area contributed by atoms with E-state index in [1.165, 1.54) is 7.05 Å². The van der Waals surface area contributed by atoms with Crippen molar-refractivity contribution < 1.29 is 22.7 Å². The van der Waals surface area contributed by atoms with Crippen LogP contribution < -0.4 is 0 Å². The minimum absolute atomic E-state index is 0.109. The fourth-order valence-electron chi connectivity index (χ4n) is 1.26. The number of carbonyl (C=O) groups is 1. The Morgan fingerprint density at radius 2 is 2.06 bits per heavy atom. The Morgan fingerprint density at radius 3 is 2.53 bits per heavy atom. The van der Waals surface area contributed by atoms with Gasteiger partial charge in [-0.05, 0) is 23.8 Å². The predicted octanol–water partition coefficient (Wildman–Crippen LogP) is 0.915. The van der Waals surface area contributed by atoms with E-state index in [-0.39, 0.29) is 17.7 Å². The number of carboxylic acid groups (broad SMARTS) is 1. The lowest BCUT2D eigenvalue weighted by molar-refractivity contribution is 0.0695. The van der Waals surface area contributed by atoms with Crippen molar-refractivity contribution in [2.24, 2.45) is 0 Å². The molecule has 0 heterocycles. The van der Waals surface area contributed by atoms with Gasteiger partial charge in [-0.2, -0.15) is 0 Å². The summed E-state index contributed by atoms with van der Waals surface area (Å²) in [7, 11) is -2.14. The second kappa shape index (κ2) is 4.80. The summed E-state index contributed by atoms with van der Waals surface area (Å²) in [5.41, 5.74) is 0.00678. The SMILES string of the molecule is CN(Cc1cc(F)ccc1C(=O)O)S(C)(=O)=O. The monoisotopic (exact) mass is 261 g/mol. The zero-order valence-electron chi connectivity index (χ0n) is 9.34. The number of carboxylic acids is 1. The molecule has 1 aromatic carbocycles. The first-order valence-corrected chi connectivity index (χ1v) is 6.49. The third-order valence-electron chi connectivity index (χ3n) is 2.26. The first-order valence-electron chi connectivity index (χ1n) is 4.65. The summed E-state index contributed by atoms with van der Waals surface area (Å²) in [5, 5.41) is 8.88. The van der Waals surface area contributed by atoms with E-state index in [2.05, 4.69) is 0 Å². The highest BCUT2D eigenvalue weighted by Crippen LogP contribution is 2.14. The molecule has 0 aliphatic heterocycles. The van der Waals surface area contributed by atoms with Gasteiger partial charge in [0.05, 0.1) is 11.8 Å². The molecular weight excluding hydrogens is 249 g/mol. The maximum Gasteiger partial charge on any atom is 0.336 e. The van der Waals surface area contributed by atoms with Gasteiger partial charge >= 0.3 is 5.97 Å². The van der Waals surface area contributed by atoms with Crippen molar-refractivity contribution in [1.29, 1.82) is 0 Å². The number of aromatic carboxylic acids is 1. The molecule has 0 spiro atoms. The topological polar surface area (TPSA) is 74.7 Å². The molecule has 7 heteroatoms. The van der Waals surface area contributed by atoms with E-state index in [1.807, 2.05) is 0 Å². The van der Waals surface area contributed by atoms with Crippen LogP contribution in [0.4, 0.5) is 4.39 Å². The summed E-state index contributed by atoms with van der Waals surface area (Å²) < 4.78 is 36.3. The molecule has 0 aliphatic carbocycles. The van der Waals surface area contributed by atoms with Gasteiger partial charge < -0.3 is 5.11 Å². The lowest BCUT2D eigenvalue weighted by atomic mass is 10.1. The second-order valence-corrected chi connectivity index (χ2v) is 5.72. The summed E-state index contributed by atoms with van der Waals surface area (Å²) in [5.74, 6) is -1.83. The molecule has 1 N–H and O–H groups in total. The molecule has 5 nitrogen and oxygen atoms in total. The van der Waals surface area contributed by atoms with Gasteiger partial charge in [0, 0.05) is 13.6 Å². The van der Waals surface area contributed by atoms with Gasteiger partial charge in [-0.15, -0.1) is 0 Å². The number of nitrogens with zero attached hydrogens (tertiary/aromatic N) is 1. The summed E-state index contributed by atoms with van der Waals surface area (Å²) >= 11 is 0. The van der Waals surface area contributed by atoms with E-state index in [0.29, 0.717) is 0 Å². The van der Waals surface area contributed by atoms with Gasteiger partial charge in [-0.1, -0.05) is 0 Å². The zero-order chi connectivity index (χ0) is 13.2. The van der Waals surface area contributed by atoms with E-state index < -0.39 is 21.8 Å². The van der Waals surface area contributed by atoms with Crippen LogP contribution in [0.5, 0.6) is 0 Å². The second-order valence-electron chi connectivity index (χ2n) is 3.63. The fourth-order valence-corrected chi connectivity index (χ4v) is 1.63. The number of benzene rings is 1. The Balaban J connectivity index is 3.13. The third kappa shape index (κ3) is 3.50. The maximum absolute atomic E-state index is 13.0. The first kappa shape index (κ1) is 13.6. The van der Waals surface area contributed by atoms with Crippen molar-refractivity contribution in [3.8, 4) is 0 Å². The van der Waals surface area contributed by atoms with E-state index in [4.69, 9.17) is 5.11 Å². The van der Waals surface area contributed by atoms with E-state index in [9.17, 15) is 17.6 Å². The van der Waals surface area contributed by atoms with Crippen LogP contribution in [0, 0.1) is 5.82 Å². The van der Waals surface area contributed by atoms with Gasteiger partial charge in [0.1, 0.15) is 5.82 Å². The average molecular weight is 261 g/mol. The van der Waals surface area contributed by atoms with Crippen LogP contribution >= 0.6 is 0 Å². The van der Waals surface area contributed by atoms with Gasteiger partial charge in [-0.3, -0.25) is 0 Å². The summed E-state index contributed by atoms with van der Waals surface area (Å²) in [6, 6.07) is 3.15. The molecule has 0 amide bonds. The fraction of sp³-hybridized carbons (Fsp3) is 0.300. The third-order valence-corrected chi connectivity index (χ3v) is 3.52. The van der Waals surface area contributed by atoms with Crippen molar-refractivity contribution in [1.82, 2.24) is 4.31 Å². The van der Waals surface area contributed by atoms with Crippen molar-refractivity contribution >= 4 is 16.0 Å². The standard InChI is InChI=1S/C10H12FNO4S/c1-12(17(2,15)16)6-7-5-8(11)3-4-9(7)10(13)14/h3-5H,6H2,1-2H3,(H,13,14). The lowest BCUT2D eigenvalue weighted by Crippen LogP contribution is -2.26. The number of sulfonamides is 1. The predicted molar refractivity (Wildman–Crippen MR) is 59.7 cm³/mol. The Bertz CT molecular complexity index is 541. The van der Waals surface area contributed by atoms with E-state index >= 15 is 0 Å². The van der Waals surface area contributed by atoms with Gasteiger partial charge in [-0.25, -0.2) is 21.9 Å². The summed E-state index contributed by atoms with van der Waals surface area (Å²) in [4.78, 5) is 10.9. The Morgan fingerprint density at radius 1 is 1.47 bits per heavy atom. The van der Waals surface area contributed by atoms with Gasteiger partial charge in [0.25, 0.3) is 0 Å². The summed E-state index contributed by atoms with van der Waals surface area (Å²) in [6.07, 6.45) is 0.993. The molecule has 94 valence electrons. The molecule has 1 aromatic rings. The highest BCUT2D eigenvalue weighted by molar-refractivity contribution is 7.88. The minimum atomic E-state index is -3.44. The van der Waals surface area contributed by atoms with Crippen molar-refractivity contribution in [2.75, 3.05) is 13.3 Å². The molecule has 0 bridgehead atoms. The van der Waals surface area contributed by atoms with Crippen LogP contribution in [-0.2, 0) is 16.6 Å². The van der Waals surface area contributed by atoms with Gasteiger partial charge in [0.15, 0.2) is 0 Å². The Hall–Kier alpha value is -1.47. The molecule has 17 heavy (non-hydrogen) atoms. The molecule has 0 saturated carbocycles. The van der Waals surface area contributed by atoms with Crippen molar-refractivity contribution in [2.45, 2.75) is 6.54 Å². The first-order chi connectivity index (χ1) is 7.71. The molecular formula is C10H12FNO4S. The Labute approximate surface area is 98.5 Å². The van der Waals surface area contributed by atoms with E-state index in [1.54, 1.807) is 0 Å². The minimum Gasteiger partial charge on any atom is -0.478 e. The van der Waals surface area contributed by atoms with Crippen LogP contribution in [-0.4, -0.2) is 37.1 Å². The molecule has 1 rings (SSSR count). The quantitative estimate of drug-likeness (QED) is 0.874. The molecule has 0 radical (unpaired) electrons. The molecule has 0 aliphatic rings. The zero-order valence-corrected chi connectivity index (χ0v) is 10.2. The molecule has 0 atom stereocenters. The largest absolute Gasteiger partial charge is 0.478 e. The molecule has 0 fully saturated rings. The number of halogens is 1. The van der Waals surface area contributed by atoms with Crippen LogP contribution in [0.2, 0.25) is 0 Å². The van der Waals surface area contributed by atoms with Crippen molar-refractivity contribution in [3.63, 3.8) is 0 Å². The van der Waals surface area contributed by atoms with Crippen LogP contribution in [0.15, 0.2) is 18.2 Å². The van der Waals surface area contributed by atoms with Crippen LogP contribution in [0.1, 0.15) is 15.9 Å². The molecule has 0 saturated heterocycles. The van der Waals surface area contributed by atoms with Gasteiger partial charge in [0.2, 0.25) is 10.0 Å². The average Bonchev–Trinajstić information content (AvgIpc) is 2.15. The number of hydrogen-bond acceptors (Lipinski definition) is 3.